The molecule has 0 aliphatic heterocycles. The van der Waals surface area contributed by atoms with Crippen LogP contribution < -0.4 is 24.0 Å². The van der Waals surface area contributed by atoms with Crippen molar-refractivity contribution in [3.63, 3.8) is 0 Å². The van der Waals surface area contributed by atoms with Gasteiger partial charge in [0.1, 0.15) is 0 Å². The van der Waals surface area contributed by atoms with Crippen LogP contribution in [-0.2, 0) is 23.9 Å². The number of carboxylic acid groups (broad SMARTS) is 1. The fraction of sp³-hybridized carbons (Fsp3) is 0.286. The number of carbonyl (C=O) groups is 3. The number of esters is 2. The zero-order valence-corrected chi connectivity index (χ0v) is 7.81. The van der Waals surface area contributed by atoms with Gasteiger partial charge in [0.05, 0.1) is 13.1 Å². The minimum Gasteiger partial charge on any atom is -0.545 e. The minimum atomic E-state index is -2.05. The molecule has 1 unspecified atom stereocenters. The van der Waals surface area contributed by atoms with Crippen LogP contribution in [0.4, 0.5) is 0 Å². The van der Waals surface area contributed by atoms with Crippen molar-refractivity contribution >= 4 is 17.9 Å². The standard InChI is InChI=1S/C7H8O6.Li/c1-3-4(8)13-5(6(9)10)7(11)12-2;/h3,5H,1H2,2H3,(H,9,10);/q;+1/p-1. The first-order valence-corrected chi connectivity index (χ1v) is 3.14. The molecule has 1 atom stereocenters. The maximum absolute atomic E-state index is 10.7. The van der Waals surface area contributed by atoms with Crippen LogP contribution >= 0.6 is 0 Å². The van der Waals surface area contributed by atoms with Gasteiger partial charge in [0.25, 0.3) is 0 Å². The summed E-state index contributed by atoms with van der Waals surface area (Å²) in [4.78, 5) is 31.4. The fourth-order valence-corrected chi connectivity index (χ4v) is 0.464. The number of methoxy groups -OCH3 is 1. The van der Waals surface area contributed by atoms with E-state index < -0.39 is 24.0 Å². The van der Waals surface area contributed by atoms with Crippen molar-refractivity contribution in [2.45, 2.75) is 6.10 Å². The monoisotopic (exact) mass is 194 g/mol. The topological polar surface area (TPSA) is 92.7 Å². The summed E-state index contributed by atoms with van der Waals surface area (Å²) in [6.07, 6.45) is -1.32. The van der Waals surface area contributed by atoms with Crippen LogP contribution in [0.15, 0.2) is 12.7 Å². The van der Waals surface area contributed by atoms with Crippen LogP contribution in [0.25, 0.3) is 0 Å². The van der Waals surface area contributed by atoms with Crippen molar-refractivity contribution in [2.75, 3.05) is 7.11 Å². The van der Waals surface area contributed by atoms with Gasteiger partial charge in [-0.3, -0.25) is 0 Å². The second kappa shape index (κ2) is 7.18. The molecule has 0 rings (SSSR count). The van der Waals surface area contributed by atoms with Gasteiger partial charge in [-0.15, -0.1) is 0 Å². The third-order valence-corrected chi connectivity index (χ3v) is 1.03. The molecule has 0 N–H and O–H groups in total. The zero-order valence-electron chi connectivity index (χ0n) is 7.81. The van der Waals surface area contributed by atoms with E-state index in [1.807, 2.05) is 0 Å². The Bertz CT molecular complexity index is 249. The molecule has 0 aromatic rings. The number of carbonyl (C=O) groups excluding carboxylic acids is 3. The number of aliphatic carboxylic acids is 1. The number of hydrogen-bond acceptors (Lipinski definition) is 6. The largest absolute Gasteiger partial charge is 1.00 e. The molecule has 7 heteroatoms. The van der Waals surface area contributed by atoms with Crippen LogP contribution in [0, 0.1) is 0 Å². The molecule has 0 saturated carbocycles. The van der Waals surface area contributed by atoms with E-state index in [9.17, 15) is 19.5 Å². The molecule has 0 aromatic carbocycles. The first-order chi connectivity index (χ1) is 6.02. The van der Waals surface area contributed by atoms with Crippen LogP contribution in [-0.4, -0.2) is 31.1 Å². The molecule has 14 heavy (non-hydrogen) atoms. The molecule has 0 aliphatic carbocycles. The fourth-order valence-electron chi connectivity index (χ4n) is 0.464. The Morgan fingerprint density at radius 2 is 1.93 bits per heavy atom. The second-order valence-corrected chi connectivity index (χ2v) is 1.86. The van der Waals surface area contributed by atoms with Gasteiger partial charge >= 0.3 is 30.8 Å². The Morgan fingerprint density at radius 3 is 2.21 bits per heavy atom. The molecule has 72 valence electrons. The third-order valence-electron chi connectivity index (χ3n) is 1.03. The summed E-state index contributed by atoms with van der Waals surface area (Å²) in [7, 11) is 0.958. The summed E-state index contributed by atoms with van der Waals surface area (Å²) in [5.74, 6) is -4.10. The number of rotatable bonds is 4. The van der Waals surface area contributed by atoms with E-state index in [0.717, 1.165) is 13.2 Å². The van der Waals surface area contributed by atoms with Crippen molar-refractivity contribution in [1.29, 1.82) is 0 Å². The Kier molecular flexibility index (Phi) is 7.81. The minimum absolute atomic E-state index is 0. The molecule has 0 bridgehead atoms. The molecular weight excluding hydrogens is 187 g/mol. The van der Waals surface area contributed by atoms with E-state index in [1.165, 1.54) is 0 Å². The Morgan fingerprint density at radius 1 is 1.43 bits per heavy atom. The molecule has 0 saturated heterocycles. The van der Waals surface area contributed by atoms with E-state index in [-0.39, 0.29) is 18.9 Å². The van der Waals surface area contributed by atoms with Crippen LogP contribution in [0.2, 0.25) is 0 Å². The normalized spacial score (nSPS) is 10.4. The van der Waals surface area contributed by atoms with E-state index >= 15 is 0 Å². The van der Waals surface area contributed by atoms with Crippen molar-refractivity contribution in [2.24, 2.45) is 0 Å². The van der Waals surface area contributed by atoms with Gasteiger partial charge in [0.2, 0.25) is 6.10 Å². The smallest absolute Gasteiger partial charge is 0.545 e. The quantitative estimate of drug-likeness (QED) is 0.192. The summed E-state index contributed by atoms with van der Waals surface area (Å²) in [6.45, 7) is 3.02. The van der Waals surface area contributed by atoms with E-state index in [0.29, 0.717) is 0 Å². The molecule has 0 radical (unpaired) electrons. The maximum atomic E-state index is 10.7. The van der Waals surface area contributed by atoms with Gasteiger partial charge in [0.15, 0.2) is 0 Å². The van der Waals surface area contributed by atoms with Gasteiger partial charge in [-0.05, 0) is 0 Å². The van der Waals surface area contributed by atoms with E-state index in [2.05, 4.69) is 16.1 Å². The molecule has 0 heterocycles. The molecule has 0 aromatic heterocycles. The van der Waals surface area contributed by atoms with Crippen LogP contribution in [0.1, 0.15) is 0 Å². The van der Waals surface area contributed by atoms with Gasteiger partial charge in [0, 0.05) is 6.08 Å². The molecule has 0 aliphatic rings. The number of ether oxygens (including phenoxy) is 2. The van der Waals surface area contributed by atoms with Crippen LogP contribution in [0.3, 0.4) is 0 Å². The molecule has 6 nitrogen and oxygen atoms in total. The summed E-state index contributed by atoms with van der Waals surface area (Å²) < 4.78 is 8.17. The summed E-state index contributed by atoms with van der Waals surface area (Å²) >= 11 is 0. The van der Waals surface area contributed by atoms with E-state index in [1.54, 1.807) is 0 Å². The van der Waals surface area contributed by atoms with Gasteiger partial charge < -0.3 is 19.4 Å². The first-order valence-electron chi connectivity index (χ1n) is 3.14. The average Bonchev–Trinajstić information content (AvgIpc) is 2.11. The van der Waals surface area contributed by atoms with E-state index in [4.69, 9.17) is 0 Å². The first kappa shape index (κ1) is 15.2. The summed E-state index contributed by atoms with van der Waals surface area (Å²) in [6, 6.07) is 0. The summed E-state index contributed by atoms with van der Waals surface area (Å²) in [5, 5.41) is 10.2. The number of carboxylic acids is 1. The van der Waals surface area contributed by atoms with Crippen molar-refractivity contribution in [1.82, 2.24) is 0 Å². The van der Waals surface area contributed by atoms with Crippen LogP contribution in [0.5, 0.6) is 0 Å². The Hall–Kier alpha value is -1.25. The third kappa shape index (κ3) is 4.70. The zero-order chi connectivity index (χ0) is 10.4. The second-order valence-electron chi connectivity index (χ2n) is 1.86. The van der Waals surface area contributed by atoms with Gasteiger partial charge in [-0.1, -0.05) is 6.58 Å². The SMILES string of the molecule is C=CC(=O)OC(C(=O)[O-])C(=O)OC.[Li+]. The average molecular weight is 194 g/mol. The molecule has 0 amide bonds. The predicted octanol–water partition coefficient (Wildman–Crippen LogP) is -4.99. The van der Waals surface area contributed by atoms with Crippen molar-refractivity contribution in [3.8, 4) is 0 Å². The number of hydrogen-bond donors (Lipinski definition) is 0. The van der Waals surface area contributed by atoms with Crippen molar-refractivity contribution < 1.29 is 47.8 Å². The predicted molar refractivity (Wildman–Crippen MR) is 37.1 cm³/mol. The maximum Gasteiger partial charge on any atom is 1.00 e. The molecule has 0 spiro atoms. The Labute approximate surface area is 92.0 Å². The Balaban J connectivity index is 0. The summed E-state index contributed by atoms with van der Waals surface area (Å²) in [5.41, 5.74) is 0. The van der Waals surface area contributed by atoms with Crippen molar-refractivity contribution in [3.05, 3.63) is 12.7 Å². The van der Waals surface area contributed by atoms with Gasteiger partial charge in [-0.25, -0.2) is 9.59 Å². The van der Waals surface area contributed by atoms with Gasteiger partial charge in [-0.2, -0.15) is 0 Å². The molecular formula is C7H7LiO6. The molecule has 0 fully saturated rings.